The number of hydrogen-bond donors (Lipinski definition) is 1. The summed E-state index contributed by atoms with van der Waals surface area (Å²) in [6.45, 7) is 7.44. The molecule has 19 heavy (non-hydrogen) atoms. The Bertz CT molecular complexity index is 422. The third-order valence-corrected chi connectivity index (χ3v) is 2.59. The fourth-order valence-corrected chi connectivity index (χ4v) is 1.89. The van der Waals surface area contributed by atoms with Gasteiger partial charge in [0.25, 0.3) is 6.43 Å². The Balaban J connectivity index is 2.76. The summed E-state index contributed by atoms with van der Waals surface area (Å²) in [5.41, 5.74) is 0.834. The lowest BCUT2D eigenvalue weighted by molar-refractivity contribution is 0.0796. The van der Waals surface area contributed by atoms with E-state index >= 15 is 0 Å². The Labute approximate surface area is 117 Å². The minimum absolute atomic E-state index is 0.0358. The molecular weight excluding hydrogens is 274 g/mol. The molecule has 0 saturated carbocycles. The zero-order chi connectivity index (χ0) is 14.6. The maximum absolute atomic E-state index is 12.0. The summed E-state index contributed by atoms with van der Waals surface area (Å²) in [7, 11) is 0. The van der Waals surface area contributed by atoms with E-state index in [1.165, 1.54) is 0 Å². The Morgan fingerprint density at radius 1 is 1.42 bits per heavy atom. The van der Waals surface area contributed by atoms with E-state index in [2.05, 4.69) is 31.1 Å². The number of aromatic nitrogens is 1. The van der Waals surface area contributed by atoms with Crippen LogP contribution in [0, 0.1) is 0 Å². The fraction of sp³-hybridized carbons (Fsp3) is 0.615. The first-order valence-corrected chi connectivity index (χ1v) is 6.41. The molecule has 1 rings (SSSR count). The number of rotatable bonds is 5. The highest BCUT2D eigenvalue weighted by atomic mass is 35.5. The van der Waals surface area contributed by atoms with Crippen molar-refractivity contribution in [3.05, 3.63) is 22.8 Å². The van der Waals surface area contributed by atoms with Crippen LogP contribution in [-0.4, -0.2) is 23.6 Å². The van der Waals surface area contributed by atoms with E-state index in [-0.39, 0.29) is 22.5 Å². The van der Waals surface area contributed by atoms with Gasteiger partial charge in [-0.15, -0.1) is 0 Å². The topological polar surface area (TPSA) is 34.2 Å². The molecule has 1 aromatic rings. The van der Waals surface area contributed by atoms with Gasteiger partial charge in [0.1, 0.15) is 5.02 Å². The first-order valence-electron chi connectivity index (χ1n) is 6.03. The summed E-state index contributed by atoms with van der Waals surface area (Å²) >= 11 is 5.97. The van der Waals surface area contributed by atoms with E-state index in [4.69, 9.17) is 16.3 Å². The van der Waals surface area contributed by atoms with Crippen molar-refractivity contribution in [2.24, 2.45) is 0 Å². The molecule has 0 radical (unpaired) electrons. The Morgan fingerprint density at radius 3 is 2.53 bits per heavy atom. The Kier molecular flexibility index (Phi) is 5.50. The summed E-state index contributed by atoms with van der Waals surface area (Å²) in [4.78, 5) is 3.97. The summed E-state index contributed by atoms with van der Waals surface area (Å²) < 4.78 is 28.9. The van der Waals surface area contributed by atoms with Crippen LogP contribution in [0.3, 0.4) is 0 Å². The molecule has 0 aliphatic rings. The molecule has 6 heteroatoms. The Hall–Kier alpha value is -0.940. The number of nitrogens with zero attached hydrogens (tertiary/aromatic N) is 1. The molecule has 0 amide bonds. The summed E-state index contributed by atoms with van der Waals surface area (Å²) in [6, 6.07) is 1.73. The molecule has 108 valence electrons. The molecule has 0 spiro atoms. The van der Waals surface area contributed by atoms with Crippen molar-refractivity contribution in [1.82, 2.24) is 10.3 Å². The molecule has 0 saturated heterocycles. The van der Waals surface area contributed by atoms with E-state index < -0.39 is 13.0 Å². The lowest BCUT2D eigenvalue weighted by atomic mass is 10.0. The van der Waals surface area contributed by atoms with E-state index in [0.29, 0.717) is 0 Å². The summed E-state index contributed by atoms with van der Waals surface area (Å²) in [5, 5.41) is 3.61. The summed E-state index contributed by atoms with van der Waals surface area (Å²) in [5.74, 6) is 0.0358. The molecule has 1 N–H and O–H groups in total. The van der Waals surface area contributed by atoms with Gasteiger partial charge < -0.3 is 10.1 Å². The molecular formula is C13H19ClF2N2O. The van der Waals surface area contributed by atoms with Gasteiger partial charge in [-0.05, 0) is 39.3 Å². The van der Waals surface area contributed by atoms with Crippen molar-refractivity contribution in [1.29, 1.82) is 0 Å². The quantitative estimate of drug-likeness (QED) is 0.895. The van der Waals surface area contributed by atoms with Gasteiger partial charge in [0, 0.05) is 17.8 Å². The molecule has 3 nitrogen and oxygen atoms in total. The van der Waals surface area contributed by atoms with Crippen LogP contribution in [0.25, 0.3) is 0 Å². The van der Waals surface area contributed by atoms with Crippen LogP contribution in [0.5, 0.6) is 5.88 Å². The van der Waals surface area contributed by atoms with Gasteiger partial charge in [-0.3, -0.25) is 0 Å². The second kappa shape index (κ2) is 6.48. The number of ether oxygens (including phenoxy) is 1. The van der Waals surface area contributed by atoms with Crippen molar-refractivity contribution in [2.45, 2.75) is 45.7 Å². The lowest BCUT2D eigenvalue weighted by Crippen LogP contribution is -2.37. The second-order valence-electron chi connectivity index (χ2n) is 5.37. The average Bonchev–Trinajstić information content (AvgIpc) is 2.24. The zero-order valence-corrected chi connectivity index (χ0v) is 12.3. The van der Waals surface area contributed by atoms with Crippen LogP contribution in [0.1, 0.15) is 39.3 Å². The predicted molar refractivity (Wildman–Crippen MR) is 72.0 cm³/mol. The maximum atomic E-state index is 12.0. The van der Waals surface area contributed by atoms with Crippen molar-refractivity contribution in [3.8, 4) is 5.88 Å². The van der Waals surface area contributed by atoms with Gasteiger partial charge >= 0.3 is 0 Å². The number of halogens is 3. The van der Waals surface area contributed by atoms with Crippen molar-refractivity contribution in [2.75, 3.05) is 6.61 Å². The Morgan fingerprint density at radius 2 is 2.05 bits per heavy atom. The number of nitrogens with one attached hydrogen (secondary N) is 1. The van der Waals surface area contributed by atoms with Gasteiger partial charge in [-0.1, -0.05) is 11.6 Å². The van der Waals surface area contributed by atoms with Crippen molar-refractivity contribution < 1.29 is 13.5 Å². The molecule has 1 unspecified atom stereocenters. The monoisotopic (exact) mass is 292 g/mol. The molecule has 1 heterocycles. The van der Waals surface area contributed by atoms with Crippen LogP contribution < -0.4 is 10.1 Å². The van der Waals surface area contributed by atoms with Gasteiger partial charge in [-0.2, -0.15) is 0 Å². The van der Waals surface area contributed by atoms with E-state index in [1.807, 2.05) is 6.92 Å². The molecule has 0 fully saturated rings. The fourth-order valence-electron chi connectivity index (χ4n) is 1.66. The first kappa shape index (κ1) is 16.1. The van der Waals surface area contributed by atoms with Crippen molar-refractivity contribution >= 4 is 11.6 Å². The SMILES string of the molecule is CC(NC(C)(C)C)c1cnc(OCC(F)F)c(Cl)c1. The second-order valence-corrected chi connectivity index (χ2v) is 5.78. The number of hydrogen-bond acceptors (Lipinski definition) is 3. The molecule has 0 aromatic carbocycles. The highest BCUT2D eigenvalue weighted by molar-refractivity contribution is 6.31. The van der Waals surface area contributed by atoms with Crippen LogP contribution in [0.15, 0.2) is 12.3 Å². The minimum atomic E-state index is -2.54. The molecule has 1 aromatic heterocycles. The van der Waals surface area contributed by atoms with Gasteiger partial charge in [0.05, 0.1) is 0 Å². The van der Waals surface area contributed by atoms with Gasteiger partial charge in [0.15, 0.2) is 6.61 Å². The van der Waals surface area contributed by atoms with Crippen LogP contribution in [-0.2, 0) is 0 Å². The van der Waals surface area contributed by atoms with Crippen LogP contribution in [0.4, 0.5) is 8.78 Å². The smallest absolute Gasteiger partial charge is 0.272 e. The lowest BCUT2D eigenvalue weighted by Gasteiger charge is -2.26. The standard InChI is InChI=1S/C13H19ClF2N2O/c1-8(18-13(2,3)4)9-5-10(14)12(17-6-9)19-7-11(15)16/h5-6,8,11,18H,7H2,1-4H3. The zero-order valence-electron chi connectivity index (χ0n) is 11.5. The predicted octanol–water partition coefficient (Wildman–Crippen LogP) is 3.83. The molecule has 0 aliphatic heterocycles. The molecule has 0 bridgehead atoms. The number of alkyl halides is 2. The normalized spacial score (nSPS) is 13.7. The van der Waals surface area contributed by atoms with Crippen LogP contribution in [0.2, 0.25) is 5.02 Å². The van der Waals surface area contributed by atoms with Gasteiger partial charge in [0.2, 0.25) is 5.88 Å². The van der Waals surface area contributed by atoms with Gasteiger partial charge in [-0.25, -0.2) is 13.8 Å². The van der Waals surface area contributed by atoms with E-state index in [0.717, 1.165) is 5.56 Å². The first-order chi connectivity index (χ1) is 8.69. The molecule has 1 atom stereocenters. The average molecular weight is 293 g/mol. The summed E-state index contributed by atoms with van der Waals surface area (Å²) in [6.07, 6.45) is -0.963. The van der Waals surface area contributed by atoms with Crippen molar-refractivity contribution in [3.63, 3.8) is 0 Å². The minimum Gasteiger partial charge on any atom is -0.471 e. The third kappa shape index (κ3) is 5.70. The van der Waals surface area contributed by atoms with E-state index in [9.17, 15) is 8.78 Å². The largest absolute Gasteiger partial charge is 0.471 e. The molecule has 0 aliphatic carbocycles. The van der Waals surface area contributed by atoms with E-state index in [1.54, 1.807) is 12.3 Å². The highest BCUT2D eigenvalue weighted by Crippen LogP contribution is 2.26. The van der Waals surface area contributed by atoms with Crippen LogP contribution >= 0.6 is 11.6 Å². The maximum Gasteiger partial charge on any atom is 0.272 e. The highest BCUT2D eigenvalue weighted by Gasteiger charge is 2.17. The number of pyridine rings is 1. The third-order valence-electron chi connectivity index (χ3n) is 2.32.